The number of hydrogen-bond donors (Lipinski definition) is 2. The minimum atomic E-state index is 0.548. The van der Waals surface area contributed by atoms with E-state index in [0.717, 1.165) is 22.4 Å². The molecule has 3 heterocycles. The van der Waals surface area contributed by atoms with Crippen molar-refractivity contribution >= 4 is 22.9 Å². The van der Waals surface area contributed by atoms with Crippen LogP contribution in [-0.4, -0.2) is 32.6 Å². The SMILES string of the molecule is CN=C(NCc1cnc(C)s1)NCc1nnc2ccccn12. The maximum absolute atomic E-state index is 4.24. The highest BCUT2D eigenvalue weighted by atomic mass is 32.1. The molecule has 0 aliphatic rings. The topological polar surface area (TPSA) is 79.5 Å². The molecular formula is C14H17N7S. The summed E-state index contributed by atoms with van der Waals surface area (Å²) in [6.07, 6.45) is 3.83. The Morgan fingerprint density at radius 2 is 2.14 bits per heavy atom. The van der Waals surface area contributed by atoms with Gasteiger partial charge in [-0.1, -0.05) is 6.07 Å². The summed E-state index contributed by atoms with van der Waals surface area (Å²) in [5.41, 5.74) is 0.836. The van der Waals surface area contributed by atoms with Gasteiger partial charge in [0.05, 0.1) is 18.1 Å². The van der Waals surface area contributed by atoms with E-state index in [0.29, 0.717) is 13.1 Å². The first kappa shape index (κ1) is 14.5. The summed E-state index contributed by atoms with van der Waals surface area (Å²) < 4.78 is 1.95. The number of fused-ring (bicyclic) bond motifs is 1. The van der Waals surface area contributed by atoms with Gasteiger partial charge < -0.3 is 10.6 Å². The molecule has 0 fully saturated rings. The Morgan fingerprint density at radius 3 is 2.91 bits per heavy atom. The predicted molar refractivity (Wildman–Crippen MR) is 86.9 cm³/mol. The van der Waals surface area contributed by atoms with Gasteiger partial charge in [0, 0.05) is 24.3 Å². The van der Waals surface area contributed by atoms with Crippen molar-refractivity contribution in [3.63, 3.8) is 0 Å². The lowest BCUT2D eigenvalue weighted by Gasteiger charge is -2.10. The molecule has 0 saturated carbocycles. The number of rotatable bonds is 4. The zero-order valence-electron chi connectivity index (χ0n) is 12.4. The van der Waals surface area contributed by atoms with Crippen LogP contribution in [0.25, 0.3) is 5.65 Å². The number of aliphatic imine (C=N–C) groups is 1. The van der Waals surface area contributed by atoms with Crippen LogP contribution in [0.4, 0.5) is 0 Å². The number of nitrogens with zero attached hydrogens (tertiary/aromatic N) is 5. The maximum atomic E-state index is 4.24. The van der Waals surface area contributed by atoms with Gasteiger partial charge >= 0.3 is 0 Å². The molecule has 0 aliphatic heterocycles. The van der Waals surface area contributed by atoms with Gasteiger partial charge in [-0.3, -0.25) is 9.39 Å². The summed E-state index contributed by atoms with van der Waals surface area (Å²) in [4.78, 5) is 9.62. The molecule has 0 aromatic carbocycles. The van der Waals surface area contributed by atoms with Gasteiger partial charge in [-0.2, -0.15) is 0 Å². The predicted octanol–water partition coefficient (Wildman–Crippen LogP) is 1.36. The number of pyridine rings is 1. The molecule has 0 saturated heterocycles. The first-order valence-corrected chi connectivity index (χ1v) is 7.72. The first-order valence-electron chi connectivity index (χ1n) is 6.91. The summed E-state index contributed by atoms with van der Waals surface area (Å²) in [6.45, 7) is 3.25. The first-order chi connectivity index (χ1) is 10.8. The van der Waals surface area contributed by atoms with Crippen LogP contribution in [0.1, 0.15) is 15.7 Å². The summed E-state index contributed by atoms with van der Waals surface area (Å²) in [5, 5.41) is 15.9. The Hall–Kier alpha value is -2.48. The Kier molecular flexibility index (Phi) is 4.29. The summed E-state index contributed by atoms with van der Waals surface area (Å²) >= 11 is 1.68. The largest absolute Gasteiger partial charge is 0.351 e. The average Bonchev–Trinajstić information content (AvgIpc) is 3.14. The Morgan fingerprint density at radius 1 is 1.27 bits per heavy atom. The van der Waals surface area contributed by atoms with Gasteiger partial charge in [0.25, 0.3) is 0 Å². The van der Waals surface area contributed by atoms with Crippen molar-refractivity contribution in [1.82, 2.24) is 30.2 Å². The lowest BCUT2D eigenvalue weighted by atomic mass is 10.4. The molecule has 7 nitrogen and oxygen atoms in total. The standard InChI is InChI=1S/C14H17N7S/c1-10-16-7-11(22-10)8-17-14(15-2)18-9-13-20-19-12-5-3-4-6-21(12)13/h3-7H,8-9H2,1-2H3,(H2,15,17,18). The van der Waals surface area contributed by atoms with E-state index >= 15 is 0 Å². The second-order valence-corrected chi connectivity index (χ2v) is 5.99. The smallest absolute Gasteiger partial charge is 0.191 e. The van der Waals surface area contributed by atoms with E-state index in [9.17, 15) is 0 Å². The molecule has 3 rings (SSSR count). The zero-order valence-corrected chi connectivity index (χ0v) is 13.3. The average molecular weight is 315 g/mol. The molecule has 3 aromatic rings. The van der Waals surface area contributed by atoms with E-state index in [-0.39, 0.29) is 0 Å². The van der Waals surface area contributed by atoms with Crippen LogP contribution < -0.4 is 10.6 Å². The van der Waals surface area contributed by atoms with Crippen molar-refractivity contribution in [2.45, 2.75) is 20.0 Å². The minimum Gasteiger partial charge on any atom is -0.351 e. The van der Waals surface area contributed by atoms with Gasteiger partial charge in [0.2, 0.25) is 0 Å². The molecule has 0 spiro atoms. The number of aryl methyl sites for hydroxylation is 1. The van der Waals surface area contributed by atoms with Crippen molar-refractivity contribution in [1.29, 1.82) is 0 Å². The quantitative estimate of drug-likeness (QED) is 0.561. The highest BCUT2D eigenvalue weighted by Crippen LogP contribution is 2.10. The van der Waals surface area contributed by atoms with Gasteiger partial charge in [-0.15, -0.1) is 21.5 Å². The molecule has 0 radical (unpaired) electrons. The van der Waals surface area contributed by atoms with E-state index in [1.165, 1.54) is 4.88 Å². The Labute approximate surface area is 132 Å². The van der Waals surface area contributed by atoms with Crippen molar-refractivity contribution in [2.75, 3.05) is 7.05 Å². The fraction of sp³-hybridized carbons (Fsp3) is 0.286. The second-order valence-electron chi connectivity index (χ2n) is 4.67. The molecule has 0 unspecified atom stereocenters. The molecule has 0 bridgehead atoms. The number of nitrogens with one attached hydrogen (secondary N) is 2. The highest BCUT2D eigenvalue weighted by Gasteiger charge is 2.06. The van der Waals surface area contributed by atoms with Crippen LogP contribution in [0.3, 0.4) is 0 Å². The number of aromatic nitrogens is 4. The maximum Gasteiger partial charge on any atom is 0.191 e. The van der Waals surface area contributed by atoms with Gasteiger partial charge in [-0.25, -0.2) is 4.98 Å². The van der Waals surface area contributed by atoms with Gasteiger partial charge in [-0.05, 0) is 19.1 Å². The fourth-order valence-corrected chi connectivity index (χ4v) is 2.79. The second kappa shape index (κ2) is 6.52. The number of hydrogen-bond acceptors (Lipinski definition) is 5. The van der Waals surface area contributed by atoms with Crippen molar-refractivity contribution in [3.05, 3.63) is 46.3 Å². The lowest BCUT2D eigenvalue weighted by molar-refractivity contribution is 0.765. The Bertz CT molecular complexity index is 789. The molecule has 22 heavy (non-hydrogen) atoms. The third-order valence-corrected chi connectivity index (χ3v) is 4.03. The lowest BCUT2D eigenvalue weighted by Crippen LogP contribution is -2.36. The molecule has 3 aromatic heterocycles. The normalized spacial score (nSPS) is 11.8. The van der Waals surface area contributed by atoms with Crippen LogP contribution >= 0.6 is 11.3 Å². The molecule has 0 aliphatic carbocycles. The van der Waals surface area contributed by atoms with E-state index in [2.05, 4.69) is 30.8 Å². The number of thiazole rings is 1. The van der Waals surface area contributed by atoms with Crippen molar-refractivity contribution in [3.8, 4) is 0 Å². The van der Waals surface area contributed by atoms with Crippen LogP contribution in [0.2, 0.25) is 0 Å². The summed E-state index contributed by atoms with van der Waals surface area (Å²) in [7, 11) is 1.75. The molecular weight excluding hydrogens is 298 g/mol. The summed E-state index contributed by atoms with van der Waals surface area (Å²) in [5.74, 6) is 1.56. The molecule has 2 N–H and O–H groups in total. The van der Waals surface area contributed by atoms with Crippen molar-refractivity contribution in [2.24, 2.45) is 4.99 Å². The fourth-order valence-electron chi connectivity index (χ4n) is 2.05. The Balaban J connectivity index is 1.59. The molecule has 0 amide bonds. The van der Waals surface area contributed by atoms with Crippen molar-refractivity contribution < 1.29 is 0 Å². The van der Waals surface area contributed by atoms with E-state index in [1.807, 2.05) is 41.9 Å². The number of guanidine groups is 1. The highest BCUT2D eigenvalue weighted by molar-refractivity contribution is 7.11. The van der Waals surface area contributed by atoms with Crippen LogP contribution in [0.5, 0.6) is 0 Å². The van der Waals surface area contributed by atoms with Crippen LogP contribution in [0.15, 0.2) is 35.6 Å². The van der Waals surface area contributed by atoms with E-state index in [4.69, 9.17) is 0 Å². The third-order valence-electron chi connectivity index (χ3n) is 3.12. The van der Waals surface area contributed by atoms with E-state index in [1.54, 1.807) is 18.4 Å². The van der Waals surface area contributed by atoms with E-state index < -0.39 is 0 Å². The van der Waals surface area contributed by atoms with Gasteiger partial charge in [0.15, 0.2) is 17.4 Å². The molecule has 0 atom stereocenters. The zero-order chi connectivity index (χ0) is 15.4. The van der Waals surface area contributed by atoms with Crippen LogP contribution in [-0.2, 0) is 13.1 Å². The molecule has 114 valence electrons. The van der Waals surface area contributed by atoms with Gasteiger partial charge in [0.1, 0.15) is 0 Å². The third kappa shape index (κ3) is 3.22. The molecule has 8 heteroatoms. The monoisotopic (exact) mass is 315 g/mol. The minimum absolute atomic E-state index is 0.548. The summed E-state index contributed by atoms with van der Waals surface area (Å²) in [6, 6.07) is 5.83. The van der Waals surface area contributed by atoms with Crippen LogP contribution in [0, 0.1) is 6.92 Å².